The minimum atomic E-state index is 0.182. The van der Waals surface area contributed by atoms with Gasteiger partial charge >= 0.3 is 0 Å². The van der Waals surface area contributed by atoms with E-state index in [1.54, 1.807) is 0 Å². The predicted molar refractivity (Wildman–Crippen MR) is 105 cm³/mol. The van der Waals surface area contributed by atoms with Crippen LogP contribution in [0.15, 0.2) is 60.7 Å². The van der Waals surface area contributed by atoms with Crippen molar-refractivity contribution in [2.45, 2.75) is 0 Å². The topological polar surface area (TPSA) is 80.8 Å². The Kier molecular flexibility index (Phi) is 3.93. The second-order valence-electron chi connectivity index (χ2n) is 6.12. The molecule has 0 saturated heterocycles. The van der Waals surface area contributed by atoms with Crippen LogP contribution < -0.4 is 10.6 Å². The van der Waals surface area contributed by atoms with Gasteiger partial charge in [0, 0.05) is 25.2 Å². The molecule has 128 valence electrons. The Balaban J connectivity index is 2.08. The van der Waals surface area contributed by atoms with Gasteiger partial charge in [-0.1, -0.05) is 60.7 Å². The summed E-state index contributed by atoms with van der Waals surface area (Å²) in [6, 6.07) is 20.0. The molecule has 2 aromatic heterocycles. The Hall–Kier alpha value is -3.54. The number of aromatic nitrogens is 4. The average molecular weight is 342 g/mol. The number of anilines is 2. The van der Waals surface area contributed by atoms with Crippen molar-refractivity contribution in [1.29, 1.82) is 0 Å². The van der Waals surface area contributed by atoms with E-state index in [1.807, 2.05) is 79.7 Å². The molecule has 0 bridgehead atoms. The minimum Gasteiger partial charge on any atom is -0.368 e. The fourth-order valence-corrected chi connectivity index (χ4v) is 2.86. The molecule has 4 rings (SSSR count). The lowest BCUT2D eigenvalue weighted by atomic mass is 10.0. The first-order valence-electron chi connectivity index (χ1n) is 8.27. The van der Waals surface area contributed by atoms with Crippen LogP contribution in [0.5, 0.6) is 0 Å². The first-order valence-corrected chi connectivity index (χ1v) is 8.27. The van der Waals surface area contributed by atoms with Gasteiger partial charge in [-0.15, -0.1) is 0 Å². The number of hydrogen-bond acceptors (Lipinski definition) is 6. The molecule has 6 nitrogen and oxygen atoms in total. The first-order chi connectivity index (χ1) is 12.6. The third kappa shape index (κ3) is 2.82. The van der Waals surface area contributed by atoms with Crippen LogP contribution in [0.2, 0.25) is 0 Å². The maximum atomic E-state index is 5.88. The average Bonchev–Trinajstić information content (AvgIpc) is 2.67. The van der Waals surface area contributed by atoms with Gasteiger partial charge in [0.05, 0.1) is 11.4 Å². The Labute approximate surface area is 151 Å². The number of rotatable bonds is 3. The molecular formula is C20H18N6. The standard InChI is InChI=1S/C20H18N6/c1-26(2)19-17-18(24-20(21)25-19)23-16(14-11-7-4-8-12-14)15(22-17)13-9-5-3-6-10-13/h3-12H,1-2H3,(H2,21,23,24,25). The molecule has 6 heteroatoms. The second kappa shape index (κ2) is 6.40. The molecule has 0 unspecified atom stereocenters. The van der Waals surface area contributed by atoms with E-state index in [9.17, 15) is 0 Å². The Morgan fingerprint density at radius 3 is 1.77 bits per heavy atom. The van der Waals surface area contributed by atoms with Gasteiger partial charge in [-0.05, 0) is 0 Å². The van der Waals surface area contributed by atoms with Crippen LogP contribution in [-0.4, -0.2) is 34.0 Å². The lowest BCUT2D eigenvalue weighted by Crippen LogP contribution is -2.14. The van der Waals surface area contributed by atoms with Gasteiger partial charge in [0.1, 0.15) is 0 Å². The van der Waals surface area contributed by atoms with Gasteiger partial charge < -0.3 is 10.6 Å². The summed E-state index contributed by atoms with van der Waals surface area (Å²) in [5.74, 6) is 0.832. The van der Waals surface area contributed by atoms with Crippen LogP contribution in [-0.2, 0) is 0 Å². The van der Waals surface area contributed by atoms with E-state index in [0.29, 0.717) is 17.0 Å². The summed E-state index contributed by atoms with van der Waals surface area (Å²) in [5, 5.41) is 0. The van der Waals surface area contributed by atoms with E-state index in [1.165, 1.54) is 0 Å². The van der Waals surface area contributed by atoms with E-state index < -0.39 is 0 Å². The SMILES string of the molecule is CN(C)c1nc(N)nc2nc(-c3ccccc3)c(-c3ccccc3)nc12. The van der Waals surface area contributed by atoms with Crippen molar-refractivity contribution in [1.82, 2.24) is 19.9 Å². The number of fused-ring (bicyclic) bond motifs is 1. The van der Waals surface area contributed by atoms with Crippen LogP contribution in [0.4, 0.5) is 11.8 Å². The van der Waals surface area contributed by atoms with Gasteiger partial charge in [-0.2, -0.15) is 9.97 Å². The third-order valence-corrected chi connectivity index (χ3v) is 4.05. The smallest absolute Gasteiger partial charge is 0.224 e. The van der Waals surface area contributed by atoms with Crippen molar-refractivity contribution in [3.05, 3.63) is 60.7 Å². The van der Waals surface area contributed by atoms with E-state index in [4.69, 9.17) is 15.7 Å². The van der Waals surface area contributed by atoms with Crippen LogP contribution in [0.25, 0.3) is 33.7 Å². The van der Waals surface area contributed by atoms with E-state index in [-0.39, 0.29) is 5.95 Å². The number of hydrogen-bond donors (Lipinski definition) is 1. The fourth-order valence-electron chi connectivity index (χ4n) is 2.86. The van der Waals surface area contributed by atoms with Crippen molar-refractivity contribution < 1.29 is 0 Å². The van der Waals surface area contributed by atoms with Crippen molar-refractivity contribution in [2.75, 3.05) is 24.7 Å². The molecule has 26 heavy (non-hydrogen) atoms. The van der Waals surface area contributed by atoms with E-state index in [2.05, 4.69) is 9.97 Å². The highest BCUT2D eigenvalue weighted by atomic mass is 15.2. The molecule has 2 aromatic carbocycles. The summed E-state index contributed by atoms with van der Waals surface area (Å²) in [4.78, 5) is 20.2. The highest BCUT2D eigenvalue weighted by molar-refractivity contribution is 5.90. The van der Waals surface area contributed by atoms with Crippen LogP contribution in [0.1, 0.15) is 0 Å². The maximum absolute atomic E-state index is 5.88. The second-order valence-corrected chi connectivity index (χ2v) is 6.12. The molecular weight excluding hydrogens is 324 g/mol. The highest BCUT2D eigenvalue weighted by Gasteiger charge is 2.17. The van der Waals surface area contributed by atoms with E-state index in [0.717, 1.165) is 22.5 Å². The molecule has 0 aliphatic carbocycles. The third-order valence-electron chi connectivity index (χ3n) is 4.05. The number of nitrogens with two attached hydrogens (primary N) is 1. The van der Waals surface area contributed by atoms with Crippen molar-refractivity contribution in [3.8, 4) is 22.5 Å². The van der Waals surface area contributed by atoms with Crippen molar-refractivity contribution in [3.63, 3.8) is 0 Å². The summed E-state index contributed by atoms with van der Waals surface area (Å²) < 4.78 is 0. The maximum Gasteiger partial charge on any atom is 0.224 e. The molecule has 0 radical (unpaired) electrons. The monoisotopic (exact) mass is 342 g/mol. The molecule has 2 N–H and O–H groups in total. The highest BCUT2D eigenvalue weighted by Crippen LogP contribution is 2.32. The molecule has 0 amide bonds. The minimum absolute atomic E-state index is 0.182. The summed E-state index contributed by atoms with van der Waals surface area (Å²) in [5.41, 5.74) is 10.5. The largest absolute Gasteiger partial charge is 0.368 e. The molecule has 0 saturated carbocycles. The Morgan fingerprint density at radius 2 is 1.23 bits per heavy atom. The van der Waals surface area contributed by atoms with Crippen molar-refractivity contribution >= 4 is 22.9 Å². The quantitative estimate of drug-likeness (QED) is 0.614. The summed E-state index contributed by atoms with van der Waals surface area (Å²) >= 11 is 0. The molecule has 2 heterocycles. The molecule has 0 aliphatic rings. The zero-order valence-electron chi connectivity index (χ0n) is 14.6. The number of nitrogens with zero attached hydrogens (tertiary/aromatic N) is 5. The summed E-state index contributed by atoms with van der Waals surface area (Å²) in [6.45, 7) is 0. The molecule has 4 aromatic rings. The Morgan fingerprint density at radius 1 is 0.692 bits per heavy atom. The Bertz CT molecular complexity index is 1060. The molecule has 0 fully saturated rings. The summed E-state index contributed by atoms with van der Waals surface area (Å²) in [7, 11) is 3.80. The van der Waals surface area contributed by atoms with Crippen LogP contribution in [0, 0.1) is 0 Å². The van der Waals surface area contributed by atoms with Crippen molar-refractivity contribution in [2.24, 2.45) is 0 Å². The predicted octanol–water partition coefficient (Wildman–Crippen LogP) is 3.40. The van der Waals surface area contributed by atoms with Gasteiger partial charge in [0.25, 0.3) is 0 Å². The zero-order valence-corrected chi connectivity index (χ0v) is 14.6. The summed E-state index contributed by atoms with van der Waals surface area (Å²) in [6.07, 6.45) is 0. The lowest BCUT2D eigenvalue weighted by Gasteiger charge is -2.16. The zero-order chi connectivity index (χ0) is 18.1. The fraction of sp³-hybridized carbons (Fsp3) is 0.100. The van der Waals surface area contributed by atoms with E-state index >= 15 is 0 Å². The molecule has 0 atom stereocenters. The number of nitrogen functional groups attached to an aromatic ring is 1. The normalized spacial score (nSPS) is 10.8. The molecule has 0 spiro atoms. The van der Waals surface area contributed by atoms with Crippen LogP contribution in [0.3, 0.4) is 0 Å². The first kappa shape index (κ1) is 16.0. The van der Waals surface area contributed by atoms with Gasteiger partial charge in [-0.25, -0.2) is 9.97 Å². The van der Waals surface area contributed by atoms with Gasteiger partial charge in [0.2, 0.25) is 5.95 Å². The van der Waals surface area contributed by atoms with Crippen LogP contribution >= 0.6 is 0 Å². The van der Waals surface area contributed by atoms with Gasteiger partial charge in [0.15, 0.2) is 17.0 Å². The molecule has 0 aliphatic heterocycles. The van der Waals surface area contributed by atoms with Gasteiger partial charge in [-0.3, -0.25) is 0 Å². The number of benzene rings is 2. The lowest BCUT2D eigenvalue weighted by molar-refractivity contribution is 1.05.